The second kappa shape index (κ2) is 8.58. The first-order chi connectivity index (χ1) is 13.8. The van der Waals surface area contributed by atoms with Gasteiger partial charge in [0.25, 0.3) is 0 Å². The fraction of sp³-hybridized carbons (Fsp3) is 0.280. The molecule has 0 aromatic heterocycles. The number of anilines is 2. The van der Waals surface area contributed by atoms with Gasteiger partial charge in [-0.15, -0.1) is 0 Å². The molecule has 0 bridgehead atoms. The molecule has 0 aliphatic carbocycles. The number of hydrogen-bond donors (Lipinski definition) is 1. The van der Waals surface area contributed by atoms with Gasteiger partial charge in [-0.2, -0.15) is 0 Å². The molecular formula is C25H30N2O2. The van der Waals surface area contributed by atoms with E-state index < -0.39 is 11.7 Å². The fourth-order valence-electron chi connectivity index (χ4n) is 3.45. The van der Waals surface area contributed by atoms with Crippen molar-refractivity contribution < 1.29 is 9.84 Å². The highest BCUT2D eigenvalue weighted by Gasteiger charge is 2.39. The van der Waals surface area contributed by atoms with E-state index in [0.29, 0.717) is 0 Å². The van der Waals surface area contributed by atoms with Crippen LogP contribution in [0.2, 0.25) is 0 Å². The van der Waals surface area contributed by atoms with Crippen molar-refractivity contribution >= 4 is 11.4 Å². The van der Waals surface area contributed by atoms with Crippen LogP contribution in [0.5, 0.6) is 5.75 Å². The van der Waals surface area contributed by atoms with Crippen molar-refractivity contribution in [2.75, 3.05) is 38.0 Å². The Labute approximate surface area is 174 Å². The summed E-state index contributed by atoms with van der Waals surface area (Å²) in [5.41, 5.74) is 2.45. The minimum atomic E-state index is -1.30. The third kappa shape index (κ3) is 4.38. The monoisotopic (exact) mass is 390 g/mol. The van der Waals surface area contributed by atoms with Crippen LogP contribution in [0.1, 0.15) is 18.1 Å². The zero-order valence-electron chi connectivity index (χ0n) is 17.8. The van der Waals surface area contributed by atoms with Gasteiger partial charge in [-0.1, -0.05) is 42.5 Å². The maximum Gasteiger partial charge on any atom is 0.151 e. The second-order valence-electron chi connectivity index (χ2n) is 7.72. The zero-order chi connectivity index (χ0) is 21.0. The van der Waals surface area contributed by atoms with Crippen LogP contribution in [0.4, 0.5) is 11.4 Å². The molecule has 0 aliphatic heterocycles. The smallest absolute Gasteiger partial charge is 0.151 e. The van der Waals surface area contributed by atoms with Crippen LogP contribution < -0.4 is 14.5 Å². The van der Waals surface area contributed by atoms with Crippen LogP contribution >= 0.6 is 0 Å². The van der Waals surface area contributed by atoms with Crippen molar-refractivity contribution in [3.63, 3.8) is 0 Å². The number of rotatable bonds is 7. The average molecular weight is 391 g/mol. The fourth-order valence-corrected chi connectivity index (χ4v) is 3.45. The summed E-state index contributed by atoms with van der Waals surface area (Å²) in [6, 6.07) is 25.6. The molecule has 1 atom stereocenters. The van der Waals surface area contributed by atoms with Crippen LogP contribution in [-0.4, -0.2) is 39.4 Å². The van der Waals surface area contributed by atoms with Crippen molar-refractivity contribution in [2.45, 2.75) is 18.6 Å². The summed E-state index contributed by atoms with van der Waals surface area (Å²) in [7, 11) is 8.01. The lowest BCUT2D eigenvalue weighted by Gasteiger charge is -2.36. The Morgan fingerprint density at radius 1 is 0.690 bits per heavy atom. The zero-order valence-corrected chi connectivity index (χ0v) is 17.8. The van der Waals surface area contributed by atoms with E-state index in [4.69, 9.17) is 4.74 Å². The van der Waals surface area contributed by atoms with E-state index in [9.17, 15) is 5.11 Å². The topological polar surface area (TPSA) is 35.9 Å². The van der Waals surface area contributed by atoms with E-state index in [1.54, 1.807) is 0 Å². The summed E-state index contributed by atoms with van der Waals surface area (Å²) in [6.07, 6.45) is -0.500. The number of hydrogen-bond acceptors (Lipinski definition) is 4. The highest BCUT2D eigenvalue weighted by atomic mass is 16.5. The van der Waals surface area contributed by atoms with Crippen molar-refractivity contribution in [2.24, 2.45) is 0 Å². The van der Waals surface area contributed by atoms with Gasteiger partial charge >= 0.3 is 0 Å². The number of nitrogens with zero attached hydrogens (tertiary/aromatic N) is 2. The van der Waals surface area contributed by atoms with Gasteiger partial charge < -0.3 is 19.6 Å². The van der Waals surface area contributed by atoms with Gasteiger partial charge in [-0.05, 0) is 54.4 Å². The van der Waals surface area contributed by atoms with E-state index >= 15 is 0 Å². The molecule has 3 aromatic rings. The Hall–Kier alpha value is -2.98. The molecule has 0 radical (unpaired) electrons. The first-order valence-corrected chi connectivity index (χ1v) is 9.82. The van der Waals surface area contributed by atoms with Gasteiger partial charge in [0.2, 0.25) is 0 Å². The average Bonchev–Trinajstić information content (AvgIpc) is 2.74. The second-order valence-corrected chi connectivity index (χ2v) is 7.72. The Morgan fingerprint density at radius 3 is 1.48 bits per heavy atom. The van der Waals surface area contributed by atoms with Crippen LogP contribution in [0.15, 0.2) is 78.9 Å². The number of para-hydroxylation sites is 1. The van der Waals surface area contributed by atoms with Gasteiger partial charge in [0, 0.05) is 39.6 Å². The Balaban J connectivity index is 2.04. The Bertz CT molecular complexity index is 852. The summed E-state index contributed by atoms with van der Waals surface area (Å²) < 4.78 is 6.17. The van der Waals surface area contributed by atoms with Crippen LogP contribution in [0, 0.1) is 0 Å². The molecule has 3 rings (SSSR count). The Kier molecular flexibility index (Phi) is 6.14. The molecular weight excluding hydrogens is 360 g/mol. The molecule has 0 unspecified atom stereocenters. The SMILES string of the molecule is C[C@H](Oc1ccccc1)C(O)(c1ccc(N(C)C)cc1)c1ccc(N(C)C)cc1. The standard InChI is InChI=1S/C25H30N2O2/c1-19(29-24-9-7-6-8-10-24)25(28,20-11-15-22(16-12-20)26(2)3)21-13-17-23(18-14-21)27(4)5/h6-19,28H,1-5H3/t19-/m0/s1. The maximum absolute atomic E-state index is 12.0. The van der Waals surface area contributed by atoms with Gasteiger partial charge in [-0.3, -0.25) is 0 Å². The lowest BCUT2D eigenvalue weighted by atomic mass is 9.82. The van der Waals surface area contributed by atoms with Gasteiger partial charge in [-0.25, -0.2) is 0 Å². The van der Waals surface area contributed by atoms with Crippen LogP contribution in [0.25, 0.3) is 0 Å². The van der Waals surface area contributed by atoms with Crippen molar-refractivity contribution in [1.29, 1.82) is 0 Å². The first-order valence-electron chi connectivity index (χ1n) is 9.82. The van der Waals surface area contributed by atoms with E-state index in [1.165, 1.54) is 0 Å². The highest BCUT2D eigenvalue weighted by Crippen LogP contribution is 2.36. The van der Waals surface area contributed by atoms with Crippen LogP contribution in [0.3, 0.4) is 0 Å². The predicted molar refractivity (Wildman–Crippen MR) is 121 cm³/mol. The van der Waals surface area contributed by atoms with Gasteiger partial charge in [0.1, 0.15) is 11.9 Å². The molecule has 3 aromatic carbocycles. The number of aliphatic hydroxyl groups is 1. The first kappa shape index (κ1) is 20.7. The predicted octanol–water partition coefficient (Wildman–Crippen LogP) is 4.52. The summed E-state index contributed by atoms with van der Waals surface area (Å²) in [4.78, 5) is 4.08. The molecule has 0 amide bonds. The van der Waals surface area contributed by atoms with Crippen LogP contribution in [-0.2, 0) is 5.60 Å². The van der Waals surface area contributed by atoms with Crippen molar-refractivity contribution in [3.05, 3.63) is 90.0 Å². The molecule has 29 heavy (non-hydrogen) atoms. The highest BCUT2D eigenvalue weighted by molar-refractivity contribution is 5.52. The summed E-state index contributed by atoms with van der Waals surface area (Å²) >= 11 is 0. The minimum Gasteiger partial charge on any atom is -0.487 e. The number of benzene rings is 3. The lowest BCUT2D eigenvalue weighted by molar-refractivity contribution is -0.0258. The minimum absolute atomic E-state index is 0.500. The molecule has 0 spiro atoms. The van der Waals surface area contributed by atoms with E-state index in [0.717, 1.165) is 28.3 Å². The molecule has 1 N–H and O–H groups in total. The third-order valence-corrected chi connectivity index (χ3v) is 5.29. The molecule has 4 heteroatoms. The Morgan fingerprint density at radius 2 is 1.10 bits per heavy atom. The van der Waals surface area contributed by atoms with Crippen molar-refractivity contribution in [3.8, 4) is 5.75 Å². The summed E-state index contributed by atoms with van der Waals surface area (Å²) in [5.74, 6) is 0.730. The van der Waals surface area contributed by atoms with Crippen molar-refractivity contribution in [1.82, 2.24) is 0 Å². The largest absolute Gasteiger partial charge is 0.487 e. The summed E-state index contributed by atoms with van der Waals surface area (Å²) in [6.45, 7) is 1.91. The van der Waals surface area contributed by atoms with Gasteiger partial charge in [0.15, 0.2) is 5.60 Å². The molecule has 0 fully saturated rings. The van der Waals surface area contributed by atoms with E-state index in [-0.39, 0.29) is 0 Å². The normalized spacial score (nSPS) is 12.3. The van der Waals surface area contributed by atoms with E-state index in [2.05, 4.69) is 0 Å². The van der Waals surface area contributed by atoms with E-state index in [1.807, 2.05) is 124 Å². The molecule has 152 valence electrons. The van der Waals surface area contributed by atoms with Gasteiger partial charge in [0.05, 0.1) is 0 Å². The molecule has 4 nitrogen and oxygen atoms in total. The molecule has 0 heterocycles. The summed E-state index contributed by atoms with van der Waals surface area (Å²) in [5, 5.41) is 12.0. The number of ether oxygens (including phenoxy) is 1. The third-order valence-electron chi connectivity index (χ3n) is 5.29. The molecule has 0 saturated heterocycles. The maximum atomic E-state index is 12.0. The lowest BCUT2D eigenvalue weighted by Crippen LogP contribution is -2.42. The molecule has 0 aliphatic rings. The molecule has 0 saturated carbocycles. The quantitative estimate of drug-likeness (QED) is 0.643.